The van der Waals surface area contributed by atoms with Gasteiger partial charge in [-0.15, -0.1) is 5.10 Å². The zero-order valence-corrected chi connectivity index (χ0v) is 9.55. The predicted molar refractivity (Wildman–Crippen MR) is 56.3 cm³/mol. The van der Waals surface area contributed by atoms with Gasteiger partial charge in [0.15, 0.2) is 0 Å². The van der Waals surface area contributed by atoms with Crippen LogP contribution in [0.15, 0.2) is 6.20 Å². The first kappa shape index (κ1) is 12.1. The van der Waals surface area contributed by atoms with Crippen molar-refractivity contribution in [3.8, 4) is 0 Å². The quantitative estimate of drug-likeness (QED) is 0.767. The Morgan fingerprint density at radius 3 is 2.73 bits per heavy atom. The molecule has 0 radical (unpaired) electrons. The topological polar surface area (TPSA) is 60.2 Å². The Kier molecular flexibility index (Phi) is 4.71. The first-order chi connectivity index (χ1) is 7.20. The Morgan fingerprint density at radius 1 is 1.53 bits per heavy atom. The van der Waals surface area contributed by atoms with E-state index in [2.05, 4.69) is 17.2 Å². The van der Waals surface area contributed by atoms with Crippen molar-refractivity contribution in [2.75, 3.05) is 6.61 Å². The number of hydrogen-bond donors (Lipinski definition) is 1. The molecule has 2 unspecified atom stereocenters. The van der Waals surface area contributed by atoms with Crippen molar-refractivity contribution in [1.29, 1.82) is 0 Å². The van der Waals surface area contributed by atoms with Crippen LogP contribution < -0.4 is 0 Å². The van der Waals surface area contributed by atoms with Crippen molar-refractivity contribution in [1.82, 2.24) is 15.0 Å². The van der Waals surface area contributed by atoms with Crippen molar-refractivity contribution in [3.05, 3.63) is 11.9 Å². The molecular formula is C10H19N3O2. The van der Waals surface area contributed by atoms with Gasteiger partial charge in [-0.05, 0) is 13.3 Å². The standard InChI is InChI=1S/C10H19N3O2/c1-4-6-9(15-5-2)10(14)8-7-11-12-13(8)3/h7,9-10,14H,4-6H2,1-3H3. The van der Waals surface area contributed by atoms with Gasteiger partial charge in [0.1, 0.15) is 6.10 Å². The first-order valence-electron chi connectivity index (χ1n) is 5.34. The van der Waals surface area contributed by atoms with Crippen molar-refractivity contribution < 1.29 is 9.84 Å². The van der Waals surface area contributed by atoms with E-state index in [0.717, 1.165) is 12.8 Å². The molecule has 86 valence electrons. The van der Waals surface area contributed by atoms with Gasteiger partial charge in [0.05, 0.1) is 18.0 Å². The van der Waals surface area contributed by atoms with Crippen molar-refractivity contribution >= 4 is 0 Å². The van der Waals surface area contributed by atoms with E-state index in [-0.39, 0.29) is 6.10 Å². The van der Waals surface area contributed by atoms with E-state index in [9.17, 15) is 5.11 Å². The Bertz CT molecular complexity index is 282. The van der Waals surface area contributed by atoms with E-state index in [1.807, 2.05) is 6.92 Å². The van der Waals surface area contributed by atoms with Crippen LogP contribution in [0.3, 0.4) is 0 Å². The van der Waals surface area contributed by atoms with Crippen molar-refractivity contribution in [3.63, 3.8) is 0 Å². The summed E-state index contributed by atoms with van der Waals surface area (Å²) in [5.41, 5.74) is 0.696. The van der Waals surface area contributed by atoms with Gasteiger partial charge >= 0.3 is 0 Å². The number of aryl methyl sites for hydroxylation is 1. The van der Waals surface area contributed by atoms with Crippen LogP contribution in [0.5, 0.6) is 0 Å². The highest BCUT2D eigenvalue weighted by Gasteiger charge is 2.23. The van der Waals surface area contributed by atoms with Crippen molar-refractivity contribution in [2.45, 2.75) is 38.9 Å². The molecule has 0 amide bonds. The molecule has 0 aromatic carbocycles. The molecule has 15 heavy (non-hydrogen) atoms. The zero-order valence-electron chi connectivity index (χ0n) is 9.55. The third-order valence-electron chi connectivity index (χ3n) is 2.36. The molecule has 2 atom stereocenters. The molecule has 1 aromatic rings. The number of aliphatic hydroxyl groups excluding tert-OH is 1. The molecule has 0 aliphatic carbocycles. The maximum atomic E-state index is 10.1. The smallest absolute Gasteiger partial charge is 0.123 e. The average Bonchev–Trinajstić information content (AvgIpc) is 2.63. The number of nitrogens with zero attached hydrogens (tertiary/aromatic N) is 3. The third kappa shape index (κ3) is 3.00. The lowest BCUT2D eigenvalue weighted by Gasteiger charge is -2.21. The van der Waals surface area contributed by atoms with Gasteiger partial charge in [0.2, 0.25) is 0 Å². The van der Waals surface area contributed by atoms with Gasteiger partial charge < -0.3 is 9.84 Å². The minimum absolute atomic E-state index is 0.169. The molecule has 1 rings (SSSR count). The number of aromatic nitrogens is 3. The summed E-state index contributed by atoms with van der Waals surface area (Å²) in [7, 11) is 1.76. The van der Waals surface area contributed by atoms with Gasteiger partial charge in [-0.25, -0.2) is 4.68 Å². The molecule has 0 bridgehead atoms. The van der Waals surface area contributed by atoms with Gasteiger partial charge in [-0.2, -0.15) is 0 Å². The molecule has 0 aliphatic rings. The summed E-state index contributed by atoms with van der Waals surface area (Å²) < 4.78 is 7.08. The Balaban J connectivity index is 2.71. The van der Waals surface area contributed by atoms with Crippen LogP contribution in [0.4, 0.5) is 0 Å². The Morgan fingerprint density at radius 2 is 2.27 bits per heavy atom. The second kappa shape index (κ2) is 5.82. The molecule has 0 saturated heterocycles. The van der Waals surface area contributed by atoms with Crippen LogP contribution in [-0.2, 0) is 11.8 Å². The van der Waals surface area contributed by atoms with E-state index in [1.54, 1.807) is 17.9 Å². The fraction of sp³-hybridized carbons (Fsp3) is 0.800. The summed E-state index contributed by atoms with van der Waals surface area (Å²) >= 11 is 0. The molecule has 1 heterocycles. The van der Waals surface area contributed by atoms with E-state index in [4.69, 9.17) is 4.74 Å². The summed E-state index contributed by atoms with van der Waals surface area (Å²) in [5, 5.41) is 17.6. The van der Waals surface area contributed by atoms with E-state index < -0.39 is 6.10 Å². The molecule has 0 fully saturated rings. The molecule has 0 saturated carbocycles. The first-order valence-corrected chi connectivity index (χ1v) is 5.34. The SMILES string of the molecule is CCCC(OCC)C(O)c1cnnn1C. The number of ether oxygens (including phenoxy) is 1. The van der Waals surface area contributed by atoms with E-state index in [0.29, 0.717) is 12.3 Å². The highest BCUT2D eigenvalue weighted by Crippen LogP contribution is 2.21. The van der Waals surface area contributed by atoms with Crippen LogP contribution in [0.1, 0.15) is 38.5 Å². The summed E-state index contributed by atoms with van der Waals surface area (Å²) in [4.78, 5) is 0. The van der Waals surface area contributed by atoms with Gasteiger partial charge in [-0.1, -0.05) is 18.6 Å². The summed E-state index contributed by atoms with van der Waals surface area (Å²) in [6.07, 6.45) is 2.57. The fourth-order valence-corrected chi connectivity index (χ4v) is 1.59. The summed E-state index contributed by atoms with van der Waals surface area (Å²) in [5.74, 6) is 0. The number of aliphatic hydroxyl groups is 1. The minimum Gasteiger partial charge on any atom is -0.384 e. The lowest BCUT2D eigenvalue weighted by molar-refractivity contribution is -0.0416. The maximum Gasteiger partial charge on any atom is 0.123 e. The van der Waals surface area contributed by atoms with Crippen LogP contribution in [0, 0.1) is 0 Å². The second-order valence-electron chi connectivity index (χ2n) is 3.51. The van der Waals surface area contributed by atoms with E-state index in [1.165, 1.54) is 0 Å². The predicted octanol–water partition coefficient (Wildman–Crippen LogP) is 1.05. The highest BCUT2D eigenvalue weighted by atomic mass is 16.5. The molecule has 0 aliphatic heterocycles. The minimum atomic E-state index is -0.648. The zero-order chi connectivity index (χ0) is 11.3. The normalized spacial score (nSPS) is 15.2. The van der Waals surface area contributed by atoms with Crippen LogP contribution in [-0.4, -0.2) is 32.8 Å². The fourth-order valence-electron chi connectivity index (χ4n) is 1.59. The molecule has 5 heteroatoms. The number of hydrogen-bond acceptors (Lipinski definition) is 4. The largest absolute Gasteiger partial charge is 0.384 e. The molecule has 1 N–H and O–H groups in total. The van der Waals surface area contributed by atoms with Gasteiger partial charge in [0, 0.05) is 13.7 Å². The Hall–Kier alpha value is -0.940. The molecule has 0 spiro atoms. The van der Waals surface area contributed by atoms with Gasteiger partial charge in [-0.3, -0.25) is 0 Å². The van der Waals surface area contributed by atoms with Crippen LogP contribution in [0.25, 0.3) is 0 Å². The maximum absolute atomic E-state index is 10.1. The lowest BCUT2D eigenvalue weighted by atomic mass is 10.1. The highest BCUT2D eigenvalue weighted by molar-refractivity contribution is 5.01. The molecular weight excluding hydrogens is 194 g/mol. The monoisotopic (exact) mass is 213 g/mol. The summed E-state index contributed by atoms with van der Waals surface area (Å²) in [6, 6.07) is 0. The molecule has 1 aromatic heterocycles. The second-order valence-corrected chi connectivity index (χ2v) is 3.51. The van der Waals surface area contributed by atoms with Crippen LogP contribution >= 0.6 is 0 Å². The Labute approximate surface area is 90.1 Å². The molecule has 5 nitrogen and oxygen atoms in total. The van der Waals surface area contributed by atoms with Crippen LogP contribution in [0.2, 0.25) is 0 Å². The third-order valence-corrected chi connectivity index (χ3v) is 2.36. The summed E-state index contributed by atoms with van der Waals surface area (Å²) in [6.45, 7) is 4.60. The van der Waals surface area contributed by atoms with Crippen molar-refractivity contribution in [2.24, 2.45) is 7.05 Å². The number of rotatable bonds is 6. The lowest BCUT2D eigenvalue weighted by Crippen LogP contribution is -2.24. The van der Waals surface area contributed by atoms with E-state index >= 15 is 0 Å². The van der Waals surface area contributed by atoms with Gasteiger partial charge in [0.25, 0.3) is 0 Å². The average molecular weight is 213 g/mol.